The first-order chi connectivity index (χ1) is 5.11. The molecule has 0 radical (unpaired) electrons. The van der Waals surface area contributed by atoms with E-state index < -0.39 is 17.9 Å². The molecule has 4 nitrogen and oxygen atoms in total. The van der Waals surface area contributed by atoms with Gasteiger partial charge in [-0.05, 0) is 6.08 Å². The van der Waals surface area contributed by atoms with Gasteiger partial charge in [0.2, 0.25) is 11.8 Å². The van der Waals surface area contributed by atoms with E-state index in [-0.39, 0.29) is 5.75 Å². The number of hydrogen-bond acceptors (Lipinski definition) is 4. The maximum absolute atomic E-state index is 10.8. The van der Waals surface area contributed by atoms with Crippen molar-refractivity contribution >= 4 is 24.4 Å². The van der Waals surface area contributed by atoms with Crippen molar-refractivity contribution in [1.29, 1.82) is 0 Å². The highest BCUT2D eigenvalue weighted by molar-refractivity contribution is 7.80. The summed E-state index contributed by atoms with van der Waals surface area (Å²) in [6.07, 6.45) is 1.00. The van der Waals surface area contributed by atoms with Crippen LogP contribution in [-0.4, -0.2) is 23.6 Å². The topological polar surface area (TPSA) is 72.2 Å². The fraction of sp³-hybridized carbons (Fsp3) is 0.333. The molecule has 0 spiro atoms. The van der Waals surface area contributed by atoms with Crippen LogP contribution in [0.3, 0.4) is 0 Å². The molecule has 0 saturated carbocycles. The zero-order chi connectivity index (χ0) is 8.85. The van der Waals surface area contributed by atoms with E-state index in [1.807, 2.05) is 5.32 Å². The largest absolute Gasteiger partial charge is 0.319 e. The predicted octanol–water partition coefficient (Wildman–Crippen LogP) is -0.928. The van der Waals surface area contributed by atoms with Crippen molar-refractivity contribution in [2.45, 2.75) is 6.04 Å². The average Bonchev–Trinajstić information content (AvgIpc) is 2.02. The third kappa shape index (κ3) is 3.79. The van der Waals surface area contributed by atoms with Gasteiger partial charge in [-0.2, -0.15) is 12.6 Å². The molecule has 0 rings (SSSR count). The first-order valence-electron chi connectivity index (χ1n) is 2.95. The number of carbonyl (C=O) groups is 2. The molecule has 0 aromatic rings. The SMILES string of the molecule is C=CC(=O)NC(=O)[C@@H](N)CS. The van der Waals surface area contributed by atoms with E-state index in [1.165, 1.54) is 0 Å². The van der Waals surface area contributed by atoms with Crippen molar-refractivity contribution in [3.05, 3.63) is 12.7 Å². The van der Waals surface area contributed by atoms with Crippen molar-refractivity contribution < 1.29 is 9.59 Å². The maximum atomic E-state index is 10.8. The summed E-state index contributed by atoms with van der Waals surface area (Å²) in [5.41, 5.74) is 5.24. The Morgan fingerprint density at radius 2 is 2.27 bits per heavy atom. The third-order valence-electron chi connectivity index (χ3n) is 0.965. The lowest BCUT2D eigenvalue weighted by Crippen LogP contribution is -2.43. The van der Waals surface area contributed by atoms with Gasteiger partial charge in [-0.1, -0.05) is 6.58 Å². The van der Waals surface area contributed by atoms with E-state index in [2.05, 4.69) is 19.2 Å². The second-order valence-electron chi connectivity index (χ2n) is 1.85. The number of thiol groups is 1. The van der Waals surface area contributed by atoms with Crippen molar-refractivity contribution in [1.82, 2.24) is 5.32 Å². The van der Waals surface area contributed by atoms with Crippen molar-refractivity contribution in [2.75, 3.05) is 5.75 Å². The minimum atomic E-state index is -0.748. The molecule has 0 aliphatic rings. The summed E-state index contributed by atoms with van der Waals surface area (Å²) in [5.74, 6) is -0.881. The van der Waals surface area contributed by atoms with Gasteiger partial charge in [0.25, 0.3) is 0 Å². The fourth-order valence-electron chi connectivity index (χ4n) is 0.348. The summed E-state index contributed by atoms with van der Waals surface area (Å²) in [4.78, 5) is 21.3. The van der Waals surface area contributed by atoms with Crippen molar-refractivity contribution in [3.63, 3.8) is 0 Å². The van der Waals surface area contributed by atoms with Gasteiger partial charge in [-0.25, -0.2) is 0 Å². The Kier molecular flexibility index (Phi) is 4.56. The van der Waals surface area contributed by atoms with Gasteiger partial charge < -0.3 is 5.73 Å². The molecule has 11 heavy (non-hydrogen) atoms. The first kappa shape index (κ1) is 10.2. The van der Waals surface area contributed by atoms with Crippen LogP contribution in [0.5, 0.6) is 0 Å². The molecule has 0 heterocycles. The van der Waals surface area contributed by atoms with Gasteiger partial charge in [-0.15, -0.1) is 0 Å². The zero-order valence-electron chi connectivity index (χ0n) is 5.91. The van der Waals surface area contributed by atoms with E-state index in [9.17, 15) is 9.59 Å². The summed E-state index contributed by atoms with van der Waals surface area (Å²) in [6, 6.07) is -0.748. The standard InChI is InChI=1S/C6H10N2O2S/c1-2-5(9)8-6(10)4(7)3-11/h2,4,11H,1,3,7H2,(H,8,9,10)/t4-/m0/s1. The summed E-state index contributed by atoms with van der Waals surface area (Å²) in [6.45, 7) is 3.17. The average molecular weight is 174 g/mol. The molecule has 0 unspecified atom stereocenters. The predicted molar refractivity (Wildman–Crippen MR) is 45.2 cm³/mol. The molecular weight excluding hydrogens is 164 g/mol. The molecule has 2 amide bonds. The van der Waals surface area contributed by atoms with Crippen LogP contribution in [0.2, 0.25) is 0 Å². The second-order valence-corrected chi connectivity index (χ2v) is 2.21. The van der Waals surface area contributed by atoms with Gasteiger partial charge in [0.15, 0.2) is 0 Å². The molecule has 0 fully saturated rings. The van der Waals surface area contributed by atoms with E-state index in [0.29, 0.717) is 0 Å². The fourth-order valence-corrected chi connectivity index (χ4v) is 0.514. The van der Waals surface area contributed by atoms with E-state index >= 15 is 0 Å². The number of imide groups is 1. The molecule has 62 valence electrons. The number of nitrogens with one attached hydrogen (secondary N) is 1. The molecular formula is C6H10N2O2S. The van der Waals surface area contributed by atoms with Gasteiger partial charge in [0.1, 0.15) is 0 Å². The number of amides is 2. The van der Waals surface area contributed by atoms with E-state index in [4.69, 9.17) is 5.73 Å². The van der Waals surface area contributed by atoms with Crippen LogP contribution < -0.4 is 11.1 Å². The molecule has 0 aromatic carbocycles. The summed E-state index contributed by atoms with van der Waals surface area (Å²) in [5, 5.41) is 2.01. The van der Waals surface area contributed by atoms with Gasteiger partial charge in [0, 0.05) is 5.75 Å². The van der Waals surface area contributed by atoms with Gasteiger partial charge in [0.05, 0.1) is 6.04 Å². The zero-order valence-corrected chi connectivity index (χ0v) is 6.80. The molecule has 0 aliphatic carbocycles. The van der Waals surface area contributed by atoms with Crippen molar-refractivity contribution in [3.8, 4) is 0 Å². The minimum Gasteiger partial charge on any atom is -0.319 e. The molecule has 0 saturated heterocycles. The van der Waals surface area contributed by atoms with Crippen LogP contribution in [0.25, 0.3) is 0 Å². The van der Waals surface area contributed by atoms with Crippen LogP contribution in [0.1, 0.15) is 0 Å². The number of rotatable bonds is 3. The molecule has 5 heteroatoms. The highest BCUT2D eigenvalue weighted by Gasteiger charge is 2.12. The monoisotopic (exact) mass is 174 g/mol. The van der Waals surface area contributed by atoms with E-state index in [0.717, 1.165) is 6.08 Å². The summed E-state index contributed by atoms with van der Waals surface area (Å²) >= 11 is 3.78. The Hall–Kier alpha value is -0.810. The lowest BCUT2D eigenvalue weighted by molar-refractivity contribution is -0.128. The lowest BCUT2D eigenvalue weighted by atomic mass is 10.3. The van der Waals surface area contributed by atoms with Crippen LogP contribution in [0, 0.1) is 0 Å². The van der Waals surface area contributed by atoms with Crippen LogP contribution in [-0.2, 0) is 9.59 Å². The van der Waals surface area contributed by atoms with Crippen molar-refractivity contribution in [2.24, 2.45) is 5.73 Å². The molecule has 0 bridgehead atoms. The molecule has 0 aliphatic heterocycles. The first-order valence-corrected chi connectivity index (χ1v) is 3.58. The highest BCUT2D eigenvalue weighted by atomic mass is 32.1. The van der Waals surface area contributed by atoms with E-state index in [1.54, 1.807) is 0 Å². The maximum Gasteiger partial charge on any atom is 0.249 e. The Morgan fingerprint density at radius 1 is 1.73 bits per heavy atom. The quantitative estimate of drug-likeness (QED) is 0.382. The summed E-state index contributed by atoms with van der Waals surface area (Å²) < 4.78 is 0. The number of nitrogens with two attached hydrogens (primary N) is 1. The molecule has 3 N–H and O–H groups in total. The second kappa shape index (κ2) is 4.92. The minimum absolute atomic E-state index is 0.205. The van der Waals surface area contributed by atoms with Crippen LogP contribution in [0.4, 0.5) is 0 Å². The normalized spacial score (nSPS) is 11.8. The Morgan fingerprint density at radius 3 is 2.64 bits per heavy atom. The lowest BCUT2D eigenvalue weighted by Gasteiger charge is -2.05. The molecule has 0 aromatic heterocycles. The summed E-state index contributed by atoms with van der Waals surface area (Å²) in [7, 11) is 0. The highest BCUT2D eigenvalue weighted by Crippen LogP contribution is 1.82. The number of hydrogen-bond donors (Lipinski definition) is 3. The van der Waals surface area contributed by atoms with Crippen LogP contribution >= 0.6 is 12.6 Å². The van der Waals surface area contributed by atoms with Gasteiger partial charge in [-0.3, -0.25) is 14.9 Å². The smallest absolute Gasteiger partial charge is 0.249 e. The van der Waals surface area contributed by atoms with Crippen LogP contribution in [0.15, 0.2) is 12.7 Å². The van der Waals surface area contributed by atoms with Gasteiger partial charge >= 0.3 is 0 Å². The Balaban J connectivity index is 3.86. The third-order valence-corrected chi connectivity index (χ3v) is 1.36. The Labute approximate surface area is 70.2 Å². The Bertz CT molecular complexity index is 181. The number of carbonyl (C=O) groups excluding carboxylic acids is 2. The molecule has 1 atom stereocenters.